The normalized spacial score (nSPS) is 23.5. The van der Waals surface area contributed by atoms with Crippen LogP contribution in [0.2, 0.25) is 0 Å². The molecule has 2 rings (SSSR count). The minimum Gasteiger partial charge on any atom is -0.337 e. The van der Waals surface area contributed by atoms with Crippen LogP contribution in [0.5, 0.6) is 0 Å². The molecular weight excluding hydrogens is 214 g/mol. The fourth-order valence-electron chi connectivity index (χ4n) is 2.05. The molecule has 0 aromatic carbocycles. The molecule has 0 bridgehead atoms. The van der Waals surface area contributed by atoms with Gasteiger partial charge in [-0.25, -0.2) is 0 Å². The molecule has 1 saturated heterocycles. The van der Waals surface area contributed by atoms with Gasteiger partial charge < -0.3 is 10.6 Å². The van der Waals surface area contributed by atoms with Crippen molar-refractivity contribution >= 4 is 5.91 Å². The Labute approximate surface area is 102 Å². The van der Waals surface area contributed by atoms with Gasteiger partial charge in [0.15, 0.2) is 0 Å². The summed E-state index contributed by atoms with van der Waals surface area (Å²) in [5.74, 6) is 0.0540. The van der Waals surface area contributed by atoms with E-state index in [1.807, 2.05) is 4.90 Å². The maximum absolute atomic E-state index is 12.2. The van der Waals surface area contributed by atoms with Crippen molar-refractivity contribution in [1.82, 2.24) is 9.88 Å². The standard InChI is InChI=1S/C13H19N3O/c1-13(2)5-8-16(9-11(13)14)12(17)10-3-6-15-7-4-10/h3-4,6-7,11H,5,8-9,14H2,1-2H3. The van der Waals surface area contributed by atoms with Gasteiger partial charge >= 0.3 is 0 Å². The molecule has 1 amide bonds. The lowest BCUT2D eigenvalue weighted by molar-refractivity contribution is 0.0575. The third-order valence-electron chi connectivity index (χ3n) is 3.66. The first-order valence-electron chi connectivity index (χ1n) is 5.95. The third kappa shape index (κ3) is 2.47. The van der Waals surface area contributed by atoms with E-state index in [0.717, 1.165) is 13.0 Å². The van der Waals surface area contributed by atoms with Gasteiger partial charge in [-0.15, -0.1) is 0 Å². The first-order valence-corrected chi connectivity index (χ1v) is 5.95. The average Bonchev–Trinajstić information content (AvgIpc) is 2.33. The molecule has 4 heteroatoms. The van der Waals surface area contributed by atoms with Crippen molar-refractivity contribution in [3.63, 3.8) is 0 Å². The average molecular weight is 233 g/mol. The van der Waals surface area contributed by atoms with Crippen molar-refractivity contribution in [3.8, 4) is 0 Å². The van der Waals surface area contributed by atoms with Crippen molar-refractivity contribution in [2.75, 3.05) is 13.1 Å². The lowest BCUT2D eigenvalue weighted by Crippen LogP contribution is -2.54. The number of nitrogens with two attached hydrogens (primary N) is 1. The molecule has 1 aliphatic heterocycles. The molecule has 92 valence electrons. The van der Waals surface area contributed by atoms with Gasteiger partial charge in [-0.2, -0.15) is 0 Å². The molecule has 4 nitrogen and oxygen atoms in total. The van der Waals surface area contributed by atoms with Crippen LogP contribution in [0.1, 0.15) is 30.6 Å². The van der Waals surface area contributed by atoms with Crippen LogP contribution in [0.3, 0.4) is 0 Å². The van der Waals surface area contributed by atoms with E-state index in [4.69, 9.17) is 5.73 Å². The number of hydrogen-bond donors (Lipinski definition) is 1. The molecule has 17 heavy (non-hydrogen) atoms. The number of pyridine rings is 1. The van der Waals surface area contributed by atoms with E-state index in [1.54, 1.807) is 24.5 Å². The summed E-state index contributed by atoms with van der Waals surface area (Å²) < 4.78 is 0. The number of piperidine rings is 1. The summed E-state index contributed by atoms with van der Waals surface area (Å²) in [4.78, 5) is 18.0. The Kier molecular flexibility index (Phi) is 3.15. The van der Waals surface area contributed by atoms with Crippen LogP contribution >= 0.6 is 0 Å². The molecular formula is C13H19N3O. The van der Waals surface area contributed by atoms with Crippen molar-refractivity contribution < 1.29 is 4.79 Å². The molecule has 1 atom stereocenters. The van der Waals surface area contributed by atoms with Gasteiger partial charge in [-0.05, 0) is 24.0 Å². The second-order valence-electron chi connectivity index (χ2n) is 5.33. The summed E-state index contributed by atoms with van der Waals surface area (Å²) in [6, 6.07) is 3.53. The van der Waals surface area contributed by atoms with E-state index in [1.165, 1.54) is 0 Å². The molecule has 0 aliphatic carbocycles. The summed E-state index contributed by atoms with van der Waals surface area (Å²) in [6.45, 7) is 5.73. The van der Waals surface area contributed by atoms with E-state index in [-0.39, 0.29) is 17.4 Å². The minimum absolute atomic E-state index is 0.0436. The lowest BCUT2D eigenvalue weighted by atomic mass is 9.78. The Bertz CT molecular complexity index is 402. The van der Waals surface area contributed by atoms with Crippen LogP contribution in [0, 0.1) is 5.41 Å². The Hall–Kier alpha value is -1.42. The summed E-state index contributed by atoms with van der Waals surface area (Å²) >= 11 is 0. The third-order valence-corrected chi connectivity index (χ3v) is 3.66. The van der Waals surface area contributed by atoms with Crippen molar-refractivity contribution in [2.24, 2.45) is 11.1 Å². The monoisotopic (exact) mass is 233 g/mol. The van der Waals surface area contributed by atoms with Crippen molar-refractivity contribution in [1.29, 1.82) is 0 Å². The van der Waals surface area contributed by atoms with Gasteiger partial charge in [-0.1, -0.05) is 13.8 Å². The van der Waals surface area contributed by atoms with E-state index >= 15 is 0 Å². The number of carbonyl (C=O) groups is 1. The Morgan fingerprint density at radius 2 is 2.12 bits per heavy atom. The smallest absolute Gasteiger partial charge is 0.254 e. The second kappa shape index (κ2) is 4.45. The lowest BCUT2D eigenvalue weighted by Gasteiger charge is -2.42. The van der Waals surface area contributed by atoms with Gasteiger partial charge in [0, 0.05) is 37.1 Å². The SMILES string of the molecule is CC1(C)CCN(C(=O)c2ccncc2)CC1N. The van der Waals surface area contributed by atoms with Gasteiger partial charge in [0.05, 0.1) is 0 Å². The first-order chi connectivity index (χ1) is 8.00. The second-order valence-corrected chi connectivity index (χ2v) is 5.33. The highest BCUT2D eigenvalue weighted by molar-refractivity contribution is 5.94. The van der Waals surface area contributed by atoms with Crippen molar-refractivity contribution in [3.05, 3.63) is 30.1 Å². The zero-order valence-electron chi connectivity index (χ0n) is 10.4. The van der Waals surface area contributed by atoms with E-state index in [0.29, 0.717) is 12.1 Å². The Morgan fingerprint density at radius 1 is 1.47 bits per heavy atom. The Morgan fingerprint density at radius 3 is 2.71 bits per heavy atom. The predicted octanol–water partition coefficient (Wildman–Crippen LogP) is 1.28. The van der Waals surface area contributed by atoms with E-state index in [2.05, 4.69) is 18.8 Å². The van der Waals surface area contributed by atoms with Crippen molar-refractivity contribution in [2.45, 2.75) is 26.3 Å². The fourth-order valence-corrected chi connectivity index (χ4v) is 2.05. The molecule has 2 N–H and O–H groups in total. The molecule has 0 radical (unpaired) electrons. The molecule has 1 aromatic heterocycles. The maximum Gasteiger partial charge on any atom is 0.254 e. The highest BCUT2D eigenvalue weighted by Gasteiger charge is 2.34. The van der Waals surface area contributed by atoms with Crippen LogP contribution in [0.4, 0.5) is 0 Å². The number of rotatable bonds is 1. The summed E-state index contributed by atoms with van der Waals surface area (Å²) in [5, 5.41) is 0. The first kappa shape index (κ1) is 12.0. The zero-order valence-corrected chi connectivity index (χ0v) is 10.4. The van der Waals surface area contributed by atoms with Crippen LogP contribution in [0.25, 0.3) is 0 Å². The van der Waals surface area contributed by atoms with Gasteiger partial charge in [-0.3, -0.25) is 9.78 Å². The summed E-state index contributed by atoms with van der Waals surface area (Å²) in [6.07, 6.45) is 4.23. The zero-order chi connectivity index (χ0) is 12.5. The quantitative estimate of drug-likeness (QED) is 0.795. The predicted molar refractivity (Wildman–Crippen MR) is 66.5 cm³/mol. The number of likely N-dealkylation sites (tertiary alicyclic amines) is 1. The van der Waals surface area contributed by atoms with Crippen LogP contribution in [-0.2, 0) is 0 Å². The molecule has 1 aromatic rings. The van der Waals surface area contributed by atoms with E-state index in [9.17, 15) is 4.79 Å². The highest BCUT2D eigenvalue weighted by atomic mass is 16.2. The number of amides is 1. The maximum atomic E-state index is 12.2. The molecule has 0 saturated carbocycles. The summed E-state index contributed by atoms with van der Waals surface area (Å²) in [5.41, 5.74) is 6.92. The fraction of sp³-hybridized carbons (Fsp3) is 0.538. The van der Waals surface area contributed by atoms with Gasteiger partial charge in [0.2, 0.25) is 0 Å². The summed E-state index contributed by atoms with van der Waals surface area (Å²) in [7, 11) is 0. The van der Waals surface area contributed by atoms with E-state index < -0.39 is 0 Å². The number of aromatic nitrogens is 1. The van der Waals surface area contributed by atoms with Gasteiger partial charge in [0.25, 0.3) is 5.91 Å². The molecule has 1 fully saturated rings. The molecule has 1 aliphatic rings. The number of hydrogen-bond acceptors (Lipinski definition) is 3. The molecule has 0 spiro atoms. The molecule has 1 unspecified atom stereocenters. The largest absolute Gasteiger partial charge is 0.337 e. The number of carbonyl (C=O) groups excluding carboxylic acids is 1. The van der Waals surface area contributed by atoms with Crippen LogP contribution in [0.15, 0.2) is 24.5 Å². The number of nitrogens with zero attached hydrogens (tertiary/aromatic N) is 2. The van der Waals surface area contributed by atoms with Crippen LogP contribution in [-0.4, -0.2) is 34.9 Å². The highest BCUT2D eigenvalue weighted by Crippen LogP contribution is 2.29. The Balaban J connectivity index is 2.08. The molecule has 2 heterocycles. The topological polar surface area (TPSA) is 59.2 Å². The van der Waals surface area contributed by atoms with Gasteiger partial charge in [0.1, 0.15) is 0 Å². The van der Waals surface area contributed by atoms with Crippen LogP contribution < -0.4 is 5.73 Å². The minimum atomic E-state index is 0.0436.